The van der Waals surface area contributed by atoms with Crippen LogP contribution in [0.4, 0.5) is 4.39 Å². The molecule has 0 aliphatic carbocycles. The highest BCUT2D eigenvalue weighted by molar-refractivity contribution is 7.09. The van der Waals surface area contributed by atoms with Crippen LogP contribution in [0, 0.1) is 12.7 Å². The smallest absolute Gasteiger partial charge is 0.244 e. The molecule has 0 unspecified atom stereocenters. The Morgan fingerprint density at radius 1 is 1.15 bits per heavy atom. The highest BCUT2D eigenvalue weighted by Gasteiger charge is 2.02. The molecule has 0 fully saturated rings. The Bertz CT molecular complexity index is 899. The zero-order valence-corrected chi connectivity index (χ0v) is 15.2. The number of hydrogen-bond acceptors (Lipinski definition) is 3. The van der Waals surface area contributed by atoms with E-state index in [1.807, 2.05) is 6.92 Å². The molecule has 1 N–H and O–H groups in total. The van der Waals surface area contributed by atoms with E-state index in [1.165, 1.54) is 18.2 Å². The van der Waals surface area contributed by atoms with E-state index in [9.17, 15) is 9.18 Å². The number of nitrogens with zero attached hydrogens (tertiary/aromatic N) is 1. The first-order chi connectivity index (χ1) is 12.6. The Morgan fingerprint density at radius 2 is 1.88 bits per heavy atom. The molecule has 3 nitrogen and oxygen atoms in total. The number of halogens is 1. The lowest BCUT2D eigenvalue weighted by molar-refractivity contribution is -0.116. The van der Waals surface area contributed by atoms with Gasteiger partial charge in [0.1, 0.15) is 5.82 Å². The molecule has 0 aliphatic rings. The summed E-state index contributed by atoms with van der Waals surface area (Å²) in [5, 5.41) is 5.96. The van der Waals surface area contributed by atoms with Gasteiger partial charge in [0.05, 0.1) is 10.7 Å². The number of aromatic nitrogens is 1. The van der Waals surface area contributed by atoms with E-state index in [1.54, 1.807) is 29.5 Å². The van der Waals surface area contributed by atoms with Crippen LogP contribution in [0.15, 0.2) is 60.0 Å². The van der Waals surface area contributed by atoms with Crippen LogP contribution in [0.3, 0.4) is 0 Å². The number of rotatable bonds is 6. The first kappa shape index (κ1) is 18.0. The Kier molecular flexibility index (Phi) is 5.92. The van der Waals surface area contributed by atoms with E-state index < -0.39 is 0 Å². The van der Waals surface area contributed by atoms with Crippen LogP contribution in [0.2, 0.25) is 0 Å². The molecule has 0 aliphatic heterocycles. The molecule has 0 radical (unpaired) electrons. The predicted molar refractivity (Wildman–Crippen MR) is 104 cm³/mol. The minimum absolute atomic E-state index is 0.163. The van der Waals surface area contributed by atoms with Crippen molar-refractivity contribution in [2.75, 3.05) is 6.54 Å². The fraction of sp³-hybridized carbons (Fsp3) is 0.143. The van der Waals surface area contributed by atoms with Gasteiger partial charge in [0.2, 0.25) is 5.91 Å². The number of aryl methyl sites for hydroxylation is 1. The largest absolute Gasteiger partial charge is 0.352 e. The topological polar surface area (TPSA) is 42.0 Å². The Morgan fingerprint density at radius 3 is 2.54 bits per heavy atom. The second-order valence-corrected chi connectivity index (χ2v) is 6.94. The molecule has 0 bridgehead atoms. The van der Waals surface area contributed by atoms with Crippen molar-refractivity contribution in [2.24, 2.45) is 0 Å². The predicted octanol–water partition coefficient (Wildman–Crippen LogP) is 4.63. The van der Waals surface area contributed by atoms with Gasteiger partial charge in [-0.25, -0.2) is 9.37 Å². The Labute approximate surface area is 156 Å². The van der Waals surface area contributed by atoms with E-state index in [0.717, 1.165) is 33.8 Å². The second kappa shape index (κ2) is 8.54. The molecule has 26 heavy (non-hydrogen) atoms. The van der Waals surface area contributed by atoms with Crippen molar-refractivity contribution in [2.45, 2.75) is 13.3 Å². The Balaban J connectivity index is 1.47. The normalized spacial score (nSPS) is 11.0. The molecule has 132 valence electrons. The van der Waals surface area contributed by atoms with Gasteiger partial charge in [0, 0.05) is 23.6 Å². The minimum atomic E-state index is -0.289. The third-order valence-electron chi connectivity index (χ3n) is 3.88. The quantitative estimate of drug-likeness (QED) is 0.646. The molecular formula is C21H19FN2OS. The summed E-state index contributed by atoms with van der Waals surface area (Å²) in [5.74, 6) is -0.452. The van der Waals surface area contributed by atoms with Crippen LogP contribution >= 0.6 is 11.3 Å². The third kappa shape index (κ3) is 5.10. The average Bonchev–Trinajstić information content (AvgIpc) is 3.08. The highest BCUT2D eigenvalue weighted by atomic mass is 32.1. The molecule has 0 saturated heterocycles. The van der Waals surface area contributed by atoms with Gasteiger partial charge < -0.3 is 5.32 Å². The van der Waals surface area contributed by atoms with Crippen LogP contribution in [-0.2, 0) is 11.2 Å². The summed E-state index contributed by atoms with van der Waals surface area (Å²) < 4.78 is 12.8. The molecular weight excluding hydrogens is 347 g/mol. The van der Waals surface area contributed by atoms with Gasteiger partial charge in [0.15, 0.2) is 0 Å². The van der Waals surface area contributed by atoms with Crippen molar-refractivity contribution in [3.8, 4) is 11.3 Å². The molecule has 1 heterocycles. The summed E-state index contributed by atoms with van der Waals surface area (Å²) in [6.45, 7) is 2.55. The summed E-state index contributed by atoms with van der Waals surface area (Å²) >= 11 is 1.64. The monoisotopic (exact) mass is 366 g/mol. The van der Waals surface area contributed by atoms with Crippen LogP contribution < -0.4 is 5.32 Å². The van der Waals surface area contributed by atoms with Gasteiger partial charge in [0.25, 0.3) is 0 Å². The van der Waals surface area contributed by atoms with Crippen LogP contribution in [0.1, 0.15) is 16.1 Å². The summed E-state index contributed by atoms with van der Waals surface area (Å²) in [6.07, 6.45) is 3.88. The van der Waals surface area contributed by atoms with Crippen molar-refractivity contribution in [1.29, 1.82) is 0 Å². The van der Waals surface area contributed by atoms with Gasteiger partial charge in [-0.3, -0.25) is 4.79 Å². The van der Waals surface area contributed by atoms with Crippen molar-refractivity contribution < 1.29 is 9.18 Å². The minimum Gasteiger partial charge on any atom is -0.352 e. The summed E-state index contributed by atoms with van der Waals surface area (Å²) in [6, 6.07) is 14.2. The first-order valence-corrected chi connectivity index (χ1v) is 9.21. The standard InChI is InChI=1S/C21H19FN2OS/c1-15-24-20(14-26-15)18-7-2-17(3-8-18)12-13-23-21(25)11-6-16-4-9-19(22)10-5-16/h2-11,14H,12-13H2,1H3,(H,23,25). The van der Waals surface area contributed by atoms with Crippen LogP contribution in [0.5, 0.6) is 0 Å². The lowest BCUT2D eigenvalue weighted by Crippen LogP contribution is -2.23. The maximum Gasteiger partial charge on any atom is 0.244 e. The van der Waals surface area contributed by atoms with Gasteiger partial charge >= 0.3 is 0 Å². The molecule has 3 rings (SSSR count). The second-order valence-electron chi connectivity index (χ2n) is 5.87. The number of thiazole rings is 1. The first-order valence-electron chi connectivity index (χ1n) is 8.33. The molecule has 1 amide bonds. The van der Waals surface area contributed by atoms with Gasteiger partial charge in [-0.15, -0.1) is 11.3 Å². The Hall–Kier alpha value is -2.79. The molecule has 0 saturated carbocycles. The fourth-order valence-corrected chi connectivity index (χ4v) is 3.09. The maximum atomic E-state index is 12.8. The van der Waals surface area contributed by atoms with Crippen molar-refractivity contribution in [1.82, 2.24) is 10.3 Å². The molecule has 0 spiro atoms. The average molecular weight is 366 g/mol. The van der Waals surface area contributed by atoms with E-state index in [-0.39, 0.29) is 11.7 Å². The molecule has 5 heteroatoms. The zero-order chi connectivity index (χ0) is 18.4. The van der Waals surface area contributed by atoms with Gasteiger partial charge in [-0.05, 0) is 42.7 Å². The van der Waals surface area contributed by atoms with Gasteiger partial charge in [-0.1, -0.05) is 36.4 Å². The number of amides is 1. The van der Waals surface area contributed by atoms with Crippen LogP contribution in [-0.4, -0.2) is 17.4 Å². The van der Waals surface area contributed by atoms with E-state index in [0.29, 0.717) is 6.54 Å². The van der Waals surface area contributed by atoms with E-state index in [2.05, 4.69) is 39.9 Å². The lowest BCUT2D eigenvalue weighted by Gasteiger charge is -2.04. The number of carbonyl (C=O) groups excluding carboxylic acids is 1. The van der Waals surface area contributed by atoms with Gasteiger partial charge in [-0.2, -0.15) is 0 Å². The van der Waals surface area contributed by atoms with Crippen molar-refractivity contribution in [3.63, 3.8) is 0 Å². The SMILES string of the molecule is Cc1nc(-c2ccc(CCNC(=O)C=Cc3ccc(F)cc3)cc2)cs1. The lowest BCUT2D eigenvalue weighted by atomic mass is 10.1. The van der Waals surface area contributed by atoms with Crippen molar-refractivity contribution >= 4 is 23.3 Å². The van der Waals surface area contributed by atoms with E-state index in [4.69, 9.17) is 0 Å². The number of hydrogen-bond donors (Lipinski definition) is 1. The molecule has 2 aromatic carbocycles. The number of benzene rings is 2. The maximum absolute atomic E-state index is 12.8. The zero-order valence-electron chi connectivity index (χ0n) is 14.4. The fourth-order valence-electron chi connectivity index (χ4n) is 2.47. The molecule has 3 aromatic rings. The number of carbonyl (C=O) groups is 1. The summed E-state index contributed by atoms with van der Waals surface area (Å²) in [5.41, 5.74) is 4.04. The van der Waals surface area contributed by atoms with E-state index >= 15 is 0 Å². The number of nitrogens with one attached hydrogen (secondary N) is 1. The summed E-state index contributed by atoms with van der Waals surface area (Å²) in [7, 11) is 0. The van der Waals surface area contributed by atoms with Crippen LogP contribution in [0.25, 0.3) is 17.3 Å². The molecule has 0 atom stereocenters. The van der Waals surface area contributed by atoms with Crippen molar-refractivity contribution in [3.05, 3.63) is 81.9 Å². The summed E-state index contributed by atoms with van der Waals surface area (Å²) in [4.78, 5) is 16.3. The molecule has 1 aromatic heterocycles. The third-order valence-corrected chi connectivity index (χ3v) is 4.65. The highest BCUT2D eigenvalue weighted by Crippen LogP contribution is 2.21.